The lowest BCUT2D eigenvalue weighted by molar-refractivity contribution is -0.199. The normalized spacial score (nSPS) is 23.0. The van der Waals surface area contributed by atoms with Crippen LogP contribution in [0.4, 0.5) is 4.39 Å². The van der Waals surface area contributed by atoms with Crippen molar-refractivity contribution in [2.45, 2.75) is 66.2 Å². The molecule has 1 heterocycles. The third-order valence-corrected chi connectivity index (χ3v) is 7.38. The van der Waals surface area contributed by atoms with E-state index in [1.54, 1.807) is 18.2 Å². The highest BCUT2D eigenvalue weighted by atomic mass is 35.5. The molecule has 0 spiro atoms. The summed E-state index contributed by atoms with van der Waals surface area (Å²) in [6.45, 7) is 12.7. The van der Waals surface area contributed by atoms with E-state index >= 15 is 0 Å². The first kappa shape index (κ1) is 22.6. The van der Waals surface area contributed by atoms with E-state index < -0.39 is 5.82 Å². The number of nitrogens with zero attached hydrogens (tertiary/aromatic N) is 2. The smallest absolute Gasteiger partial charge is 0.257 e. The molecular formula is C26H28ClFN2O2. The highest BCUT2D eigenvalue weighted by Gasteiger charge is 2.67. The molecule has 1 aliphatic carbocycles. The number of nitriles is 1. The summed E-state index contributed by atoms with van der Waals surface area (Å²) in [5.41, 5.74) is 1.50. The molecule has 1 saturated carbocycles. The van der Waals surface area contributed by atoms with Crippen molar-refractivity contribution in [3.8, 4) is 11.8 Å². The molecule has 168 valence electrons. The topological polar surface area (TPSA) is 53.3 Å². The minimum Gasteiger partial charge on any atom is -0.489 e. The van der Waals surface area contributed by atoms with Crippen molar-refractivity contribution in [3.05, 3.63) is 63.4 Å². The number of halogens is 2. The van der Waals surface area contributed by atoms with E-state index in [0.29, 0.717) is 22.9 Å². The molecular weight excluding hydrogens is 427 g/mol. The van der Waals surface area contributed by atoms with Gasteiger partial charge in [-0.05, 0) is 35.2 Å². The summed E-state index contributed by atoms with van der Waals surface area (Å²) in [5.74, 6) is 0.0855. The maximum atomic E-state index is 14.9. The Bertz CT molecular complexity index is 1130. The Hall–Kier alpha value is -2.58. The molecule has 2 aromatic rings. The van der Waals surface area contributed by atoms with Crippen LogP contribution in [0, 0.1) is 28.0 Å². The quantitative estimate of drug-likeness (QED) is 0.543. The van der Waals surface area contributed by atoms with Crippen LogP contribution >= 0.6 is 11.6 Å². The van der Waals surface area contributed by atoms with Crippen molar-refractivity contribution in [1.29, 1.82) is 5.26 Å². The Labute approximate surface area is 193 Å². The largest absolute Gasteiger partial charge is 0.489 e. The van der Waals surface area contributed by atoms with E-state index in [2.05, 4.69) is 27.7 Å². The Kier molecular flexibility index (Phi) is 5.29. The summed E-state index contributed by atoms with van der Waals surface area (Å²) in [6.07, 6.45) is -0.198. The molecule has 1 fully saturated rings. The predicted octanol–water partition coefficient (Wildman–Crippen LogP) is 6.31. The molecule has 0 unspecified atom stereocenters. The highest BCUT2D eigenvalue weighted by Crippen LogP contribution is 2.59. The van der Waals surface area contributed by atoms with Gasteiger partial charge in [-0.2, -0.15) is 5.26 Å². The molecule has 0 saturated heterocycles. The molecule has 0 radical (unpaired) electrons. The Balaban J connectivity index is 1.62. The second kappa shape index (κ2) is 7.49. The van der Waals surface area contributed by atoms with Gasteiger partial charge in [-0.15, -0.1) is 0 Å². The minimum atomic E-state index is -0.436. The van der Waals surface area contributed by atoms with Gasteiger partial charge >= 0.3 is 0 Å². The van der Waals surface area contributed by atoms with Crippen LogP contribution in [0.5, 0.6) is 5.75 Å². The fraction of sp³-hybridized carbons (Fsp3) is 0.462. The molecule has 1 amide bonds. The van der Waals surface area contributed by atoms with Crippen LogP contribution in [0.3, 0.4) is 0 Å². The summed E-state index contributed by atoms with van der Waals surface area (Å²) in [5, 5.41) is 9.44. The van der Waals surface area contributed by atoms with Gasteiger partial charge in [0.15, 0.2) is 0 Å². The Morgan fingerprint density at radius 2 is 1.84 bits per heavy atom. The number of benzene rings is 2. The average Bonchev–Trinajstić information content (AvgIpc) is 3.01. The fourth-order valence-electron chi connectivity index (χ4n) is 6.00. The number of carbonyl (C=O) groups excluding carboxylic acids is 1. The lowest BCUT2D eigenvalue weighted by atomic mass is 9.49. The molecule has 1 aliphatic heterocycles. The first-order valence-corrected chi connectivity index (χ1v) is 11.3. The van der Waals surface area contributed by atoms with Gasteiger partial charge in [-0.1, -0.05) is 59.2 Å². The number of hydrogen-bond donors (Lipinski definition) is 0. The van der Waals surface area contributed by atoms with Crippen LogP contribution in [0.2, 0.25) is 5.02 Å². The number of hydrogen-bond acceptors (Lipinski definition) is 3. The van der Waals surface area contributed by atoms with Crippen molar-refractivity contribution in [3.63, 3.8) is 0 Å². The average molecular weight is 455 g/mol. The first-order valence-electron chi connectivity index (χ1n) is 10.9. The van der Waals surface area contributed by atoms with Gasteiger partial charge in [0.25, 0.3) is 5.91 Å². The van der Waals surface area contributed by atoms with Gasteiger partial charge < -0.3 is 9.64 Å². The number of amides is 1. The van der Waals surface area contributed by atoms with E-state index in [9.17, 15) is 9.18 Å². The van der Waals surface area contributed by atoms with E-state index in [-0.39, 0.29) is 40.4 Å². The lowest BCUT2D eigenvalue weighted by Crippen LogP contribution is -2.74. The van der Waals surface area contributed by atoms with Crippen molar-refractivity contribution >= 4 is 17.5 Å². The van der Waals surface area contributed by atoms with Crippen molar-refractivity contribution in [1.82, 2.24) is 4.90 Å². The standard InChI is InChI=1S/C26H28ClFN2O2/c1-14(2)16-9-17-13-30(22(31)21(17)20(28)10-16)23-25(3,4)24(26(23,5)6)32-18-8-7-15(12-29)19(27)11-18/h7-11,14,23-24H,13H2,1-6H3. The van der Waals surface area contributed by atoms with Crippen molar-refractivity contribution < 1.29 is 13.9 Å². The second-order valence-corrected chi connectivity index (χ2v) is 10.8. The summed E-state index contributed by atoms with van der Waals surface area (Å²) < 4.78 is 21.2. The summed E-state index contributed by atoms with van der Waals surface area (Å²) in [6, 6.07) is 10.4. The molecule has 4 rings (SSSR count). The van der Waals surface area contributed by atoms with E-state index in [4.69, 9.17) is 21.6 Å². The number of fused-ring (bicyclic) bond motifs is 1. The van der Waals surface area contributed by atoms with Crippen LogP contribution < -0.4 is 4.74 Å². The molecule has 2 aliphatic rings. The monoisotopic (exact) mass is 454 g/mol. The van der Waals surface area contributed by atoms with Gasteiger partial charge in [-0.25, -0.2) is 4.39 Å². The minimum absolute atomic E-state index is 0.129. The van der Waals surface area contributed by atoms with Crippen molar-refractivity contribution in [2.24, 2.45) is 10.8 Å². The van der Waals surface area contributed by atoms with Crippen LogP contribution in [-0.4, -0.2) is 23.0 Å². The zero-order chi connectivity index (χ0) is 23.6. The van der Waals surface area contributed by atoms with Crippen molar-refractivity contribution in [2.75, 3.05) is 0 Å². The van der Waals surface area contributed by atoms with Crippen LogP contribution in [0.15, 0.2) is 30.3 Å². The SMILES string of the molecule is CC(C)c1cc(F)c2c(c1)CN(C1C(C)(C)C(Oc3ccc(C#N)c(Cl)c3)C1(C)C)C2=O. The molecule has 0 N–H and O–H groups in total. The third kappa shape index (κ3) is 3.28. The Morgan fingerprint density at radius 1 is 1.19 bits per heavy atom. The molecule has 32 heavy (non-hydrogen) atoms. The van der Waals surface area contributed by atoms with Crippen LogP contribution in [0.25, 0.3) is 0 Å². The van der Waals surface area contributed by atoms with E-state index in [1.807, 2.05) is 30.9 Å². The summed E-state index contributed by atoms with van der Waals surface area (Å²) in [4.78, 5) is 15.1. The van der Waals surface area contributed by atoms with Gasteiger partial charge in [0, 0.05) is 29.5 Å². The predicted molar refractivity (Wildman–Crippen MR) is 122 cm³/mol. The van der Waals surface area contributed by atoms with Crippen LogP contribution in [-0.2, 0) is 6.54 Å². The molecule has 0 bridgehead atoms. The molecule has 2 aromatic carbocycles. The zero-order valence-corrected chi connectivity index (χ0v) is 20.0. The number of carbonyl (C=O) groups is 1. The Morgan fingerprint density at radius 3 is 2.41 bits per heavy atom. The van der Waals surface area contributed by atoms with E-state index in [0.717, 1.165) is 11.1 Å². The maximum absolute atomic E-state index is 14.9. The lowest BCUT2D eigenvalue weighted by Gasteiger charge is -2.65. The maximum Gasteiger partial charge on any atom is 0.257 e. The van der Waals surface area contributed by atoms with Crippen LogP contribution in [0.1, 0.15) is 74.5 Å². The van der Waals surface area contributed by atoms with Gasteiger partial charge in [0.2, 0.25) is 0 Å². The molecule has 0 aromatic heterocycles. The number of rotatable bonds is 4. The molecule has 0 atom stereocenters. The van der Waals surface area contributed by atoms with Gasteiger partial charge in [0.05, 0.1) is 16.1 Å². The molecule has 4 nitrogen and oxygen atoms in total. The molecule has 6 heteroatoms. The summed E-state index contributed by atoms with van der Waals surface area (Å²) >= 11 is 6.18. The van der Waals surface area contributed by atoms with Gasteiger partial charge in [0.1, 0.15) is 23.7 Å². The van der Waals surface area contributed by atoms with E-state index in [1.165, 1.54) is 6.07 Å². The first-order chi connectivity index (χ1) is 14.9. The highest BCUT2D eigenvalue weighted by molar-refractivity contribution is 6.31. The number of ether oxygens (including phenoxy) is 1. The summed E-state index contributed by atoms with van der Waals surface area (Å²) in [7, 11) is 0. The zero-order valence-electron chi connectivity index (χ0n) is 19.3. The fourth-order valence-corrected chi connectivity index (χ4v) is 6.22. The second-order valence-electron chi connectivity index (χ2n) is 10.4. The van der Waals surface area contributed by atoms with Gasteiger partial charge in [-0.3, -0.25) is 4.79 Å². The third-order valence-electron chi connectivity index (χ3n) is 7.06.